The van der Waals surface area contributed by atoms with Crippen molar-refractivity contribution in [2.75, 3.05) is 17.8 Å². The van der Waals surface area contributed by atoms with Crippen LogP contribution in [0.1, 0.15) is 11.1 Å². The monoisotopic (exact) mass is 386 g/mol. The molecule has 0 spiro atoms. The van der Waals surface area contributed by atoms with Gasteiger partial charge < -0.3 is 10.1 Å². The molecule has 9 heteroatoms. The van der Waals surface area contributed by atoms with Crippen LogP contribution in [0.5, 0.6) is 5.75 Å². The van der Waals surface area contributed by atoms with E-state index in [4.69, 9.17) is 0 Å². The summed E-state index contributed by atoms with van der Waals surface area (Å²) in [6, 6.07) is 9.42. The van der Waals surface area contributed by atoms with Crippen molar-refractivity contribution in [2.45, 2.75) is 24.1 Å². The van der Waals surface area contributed by atoms with Crippen molar-refractivity contribution in [1.29, 1.82) is 0 Å². The Morgan fingerprint density at radius 3 is 2.27 bits per heavy atom. The van der Waals surface area contributed by atoms with Crippen LogP contribution in [-0.4, -0.2) is 27.9 Å². The maximum atomic E-state index is 12.4. The highest BCUT2D eigenvalue weighted by Crippen LogP contribution is 2.25. The minimum atomic E-state index is -4.82. The van der Waals surface area contributed by atoms with E-state index in [1.807, 2.05) is 6.07 Å². The van der Waals surface area contributed by atoms with E-state index < -0.39 is 22.1 Å². The highest BCUT2D eigenvalue weighted by molar-refractivity contribution is 7.92. The molecule has 0 bridgehead atoms. The third-order valence-electron chi connectivity index (χ3n) is 3.97. The number of nitrogens with one attached hydrogen (secondary N) is 2. The Kier molecular flexibility index (Phi) is 5.10. The predicted molar refractivity (Wildman–Crippen MR) is 90.7 cm³/mol. The molecular weight excluding hydrogens is 369 g/mol. The molecule has 0 amide bonds. The van der Waals surface area contributed by atoms with E-state index in [2.05, 4.69) is 14.8 Å². The molecule has 2 N–H and O–H groups in total. The van der Waals surface area contributed by atoms with Gasteiger partial charge in [-0.05, 0) is 73.5 Å². The number of anilines is 1. The lowest BCUT2D eigenvalue weighted by molar-refractivity contribution is -0.274. The van der Waals surface area contributed by atoms with E-state index in [-0.39, 0.29) is 4.90 Å². The quantitative estimate of drug-likeness (QED) is 0.848. The van der Waals surface area contributed by atoms with Crippen molar-refractivity contribution in [3.8, 4) is 5.75 Å². The number of halogens is 3. The predicted octanol–water partition coefficient (Wildman–Crippen LogP) is 3.07. The molecule has 0 saturated heterocycles. The second kappa shape index (κ2) is 7.16. The molecule has 0 saturated carbocycles. The Morgan fingerprint density at radius 2 is 1.62 bits per heavy atom. The zero-order valence-electron chi connectivity index (χ0n) is 13.6. The maximum Gasteiger partial charge on any atom is 0.573 e. The Hall–Kier alpha value is -2.26. The lowest BCUT2D eigenvalue weighted by atomic mass is 10.0. The molecule has 0 unspecified atom stereocenters. The molecule has 0 radical (unpaired) electrons. The second-order valence-electron chi connectivity index (χ2n) is 5.86. The highest BCUT2D eigenvalue weighted by atomic mass is 32.2. The lowest BCUT2D eigenvalue weighted by Gasteiger charge is -2.12. The first-order chi connectivity index (χ1) is 12.2. The van der Waals surface area contributed by atoms with Crippen LogP contribution in [-0.2, 0) is 22.9 Å². The highest BCUT2D eigenvalue weighted by Gasteiger charge is 2.31. The first-order valence-corrected chi connectivity index (χ1v) is 9.42. The molecule has 2 aromatic carbocycles. The summed E-state index contributed by atoms with van der Waals surface area (Å²) in [5, 5.41) is 3.28. The fraction of sp³-hybridized carbons (Fsp3) is 0.294. The van der Waals surface area contributed by atoms with Gasteiger partial charge in [-0.2, -0.15) is 0 Å². The van der Waals surface area contributed by atoms with Gasteiger partial charge in [0, 0.05) is 5.69 Å². The smallest absolute Gasteiger partial charge is 0.406 e. The number of rotatable bonds is 4. The average Bonchev–Trinajstić information content (AvgIpc) is 2.78. The van der Waals surface area contributed by atoms with Crippen LogP contribution in [0.2, 0.25) is 0 Å². The number of hydrogen-bond acceptors (Lipinski definition) is 4. The van der Waals surface area contributed by atoms with Crippen LogP contribution >= 0.6 is 0 Å². The lowest BCUT2D eigenvalue weighted by Crippen LogP contribution is -2.17. The molecule has 1 aliphatic heterocycles. The summed E-state index contributed by atoms with van der Waals surface area (Å²) in [7, 11) is -3.91. The van der Waals surface area contributed by atoms with Crippen LogP contribution in [0.4, 0.5) is 18.9 Å². The Bertz CT molecular complexity index is 881. The standard InChI is InChI=1S/C17H17F3N2O3S/c18-17(19,20)25-15-3-5-16(6-4-15)26(23,24)22-14-2-1-12-7-9-21-10-8-13(12)11-14/h1-6,11,21-22H,7-10H2. The fourth-order valence-corrected chi connectivity index (χ4v) is 3.82. The van der Waals surface area contributed by atoms with Crippen LogP contribution in [0, 0.1) is 0 Å². The molecule has 1 aliphatic rings. The molecule has 3 rings (SSSR count). The van der Waals surface area contributed by atoms with Crippen LogP contribution < -0.4 is 14.8 Å². The largest absolute Gasteiger partial charge is 0.573 e. The summed E-state index contributed by atoms with van der Waals surface area (Å²) in [4.78, 5) is -0.149. The summed E-state index contributed by atoms with van der Waals surface area (Å²) in [5.74, 6) is -0.478. The summed E-state index contributed by atoms with van der Waals surface area (Å²) in [5.41, 5.74) is 2.66. The molecule has 0 fully saturated rings. The van der Waals surface area contributed by atoms with Gasteiger partial charge in [-0.1, -0.05) is 6.07 Å². The number of sulfonamides is 1. The minimum absolute atomic E-state index is 0.149. The van der Waals surface area contributed by atoms with Crippen molar-refractivity contribution >= 4 is 15.7 Å². The zero-order valence-corrected chi connectivity index (χ0v) is 14.5. The van der Waals surface area contributed by atoms with Gasteiger partial charge in [0.1, 0.15) is 5.75 Å². The van der Waals surface area contributed by atoms with Gasteiger partial charge in [0.25, 0.3) is 10.0 Å². The number of hydrogen-bond donors (Lipinski definition) is 2. The molecule has 2 aromatic rings. The number of alkyl halides is 3. The van der Waals surface area contributed by atoms with Crippen molar-refractivity contribution < 1.29 is 26.3 Å². The average molecular weight is 386 g/mol. The fourth-order valence-electron chi connectivity index (χ4n) is 2.77. The number of benzene rings is 2. The first kappa shape index (κ1) is 18.5. The van der Waals surface area contributed by atoms with E-state index in [0.29, 0.717) is 5.69 Å². The summed E-state index contributed by atoms with van der Waals surface area (Å²) in [6.45, 7) is 1.70. The third kappa shape index (κ3) is 4.67. The number of fused-ring (bicyclic) bond motifs is 1. The molecule has 0 atom stereocenters. The van der Waals surface area contributed by atoms with E-state index in [1.165, 1.54) is 5.56 Å². The van der Waals surface area contributed by atoms with Crippen molar-refractivity contribution in [2.24, 2.45) is 0 Å². The zero-order chi connectivity index (χ0) is 18.8. The van der Waals surface area contributed by atoms with E-state index in [0.717, 1.165) is 55.8 Å². The normalized spacial score (nSPS) is 15.0. The molecule has 0 aromatic heterocycles. The van der Waals surface area contributed by atoms with Gasteiger partial charge in [0.2, 0.25) is 0 Å². The van der Waals surface area contributed by atoms with Crippen molar-refractivity contribution in [1.82, 2.24) is 5.32 Å². The molecule has 26 heavy (non-hydrogen) atoms. The minimum Gasteiger partial charge on any atom is -0.406 e. The third-order valence-corrected chi connectivity index (χ3v) is 5.37. The summed E-state index contributed by atoms with van der Waals surface area (Å²) in [6.07, 6.45) is -3.15. The van der Waals surface area contributed by atoms with Gasteiger partial charge in [0.15, 0.2) is 0 Å². The Labute approximate surface area is 149 Å². The van der Waals surface area contributed by atoms with Gasteiger partial charge in [-0.3, -0.25) is 4.72 Å². The van der Waals surface area contributed by atoms with Crippen molar-refractivity contribution in [3.05, 3.63) is 53.6 Å². The first-order valence-electron chi connectivity index (χ1n) is 7.94. The molecule has 140 valence electrons. The van der Waals surface area contributed by atoms with Gasteiger partial charge in [-0.25, -0.2) is 8.42 Å². The van der Waals surface area contributed by atoms with Crippen molar-refractivity contribution in [3.63, 3.8) is 0 Å². The molecule has 5 nitrogen and oxygen atoms in total. The van der Waals surface area contributed by atoms with E-state index in [9.17, 15) is 21.6 Å². The Balaban J connectivity index is 1.77. The molecule has 1 heterocycles. The van der Waals surface area contributed by atoms with Crippen LogP contribution in [0.25, 0.3) is 0 Å². The van der Waals surface area contributed by atoms with E-state index >= 15 is 0 Å². The maximum absolute atomic E-state index is 12.4. The number of ether oxygens (including phenoxy) is 1. The summed E-state index contributed by atoms with van der Waals surface area (Å²) < 4.78 is 67.6. The second-order valence-corrected chi connectivity index (χ2v) is 7.54. The van der Waals surface area contributed by atoms with Gasteiger partial charge in [0.05, 0.1) is 4.90 Å². The van der Waals surface area contributed by atoms with Crippen LogP contribution in [0.3, 0.4) is 0 Å². The molecule has 0 aliphatic carbocycles. The Morgan fingerprint density at radius 1 is 0.962 bits per heavy atom. The van der Waals surface area contributed by atoms with Gasteiger partial charge in [-0.15, -0.1) is 13.2 Å². The topological polar surface area (TPSA) is 67.4 Å². The summed E-state index contributed by atoms with van der Waals surface area (Å²) >= 11 is 0. The van der Waals surface area contributed by atoms with Gasteiger partial charge >= 0.3 is 6.36 Å². The molecular formula is C17H17F3N2O3S. The van der Waals surface area contributed by atoms with Crippen LogP contribution in [0.15, 0.2) is 47.4 Å². The van der Waals surface area contributed by atoms with E-state index in [1.54, 1.807) is 12.1 Å². The SMILES string of the molecule is O=S(=O)(Nc1ccc2c(c1)CCNCC2)c1ccc(OC(F)(F)F)cc1.